The molecule has 5 nitrogen and oxygen atoms in total. The van der Waals surface area contributed by atoms with Crippen molar-refractivity contribution < 1.29 is 0 Å². The van der Waals surface area contributed by atoms with Crippen molar-refractivity contribution in [2.24, 2.45) is 0 Å². The van der Waals surface area contributed by atoms with Gasteiger partial charge in [-0.1, -0.05) is 103 Å². The number of rotatable bonds is 3. The highest BCUT2D eigenvalue weighted by Crippen LogP contribution is 2.44. The van der Waals surface area contributed by atoms with Crippen molar-refractivity contribution in [2.45, 2.75) is 0 Å². The van der Waals surface area contributed by atoms with Crippen LogP contribution in [0.25, 0.3) is 71.2 Å². The van der Waals surface area contributed by atoms with Crippen molar-refractivity contribution in [1.29, 1.82) is 5.26 Å². The van der Waals surface area contributed by atoms with Gasteiger partial charge < -0.3 is 4.57 Å². The standard InChI is InChI=1S/C37H21N5/c1-39-35-34(24-13-3-2-4-14-24)29(23-38)36(41-30-19-9-5-15-25(30)26-16-6-10-20-31(26)41)40-37(35)42-32-21-11-7-17-27(32)28-18-8-12-22-33(28)42/h2-22H. The topological polar surface area (TPSA) is 50.9 Å². The average Bonchev–Trinajstić information content (AvgIpc) is 3.57. The van der Waals surface area contributed by atoms with Gasteiger partial charge in [0.15, 0.2) is 5.82 Å². The molecule has 0 radical (unpaired) electrons. The van der Waals surface area contributed by atoms with Crippen molar-refractivity contribution in [3.63, 3.8) is 0 Å². The van der Waals surface area contributed by atoms with Crippen molar-refractivity contribution >= 4 is 49.3 Å². The molecule has 0 amide bonds. The first kappa shape index (κ1) is 23.7. The summed E-state index contributed by atoms with van der Waals surface area (Å²) >= 11 is 0. The summed E-state index contributed by atoms with van der Waals surface area (Å²) in [6.45, 7) is 8.43. The number of fused-ring (bicyclic) bond motifs is 6. The Hall–Kier alpha value is -6.17. The lowest BCUT2D eigenvalue weighted by atomic mass is 9.98. The number of aromatic nitrogens is 3. The second kappa shape index (κ2) is 9.20. The Labute approximate surface area is 241 Å². The molecule has 0 fully saturated rings. The smallest absolute Gasteiger partial charge is 0.238 e. The highest BCUT2D eigenvalue weighted by molar-refractivity contribution is 6.11. The molecule has 5 aromatic carbocycles. The van der Waals surface area contributed by atoms with Gasteiger partial charge in [-0.05, 0) is 29.8 Å². The molecule has 0 unspecified atom stereocenters. The fourth-order valence-electron chi connectivity index (χ4n) is 6.27. The fourth-order valence-corrected chi connectivity index (χ4v) is 6.27. The summed E-state index contributed by atoms with van der Waals surface area (Å²) < 4.78 is 4.14. The van der Waals surface area contributed by atoms with Gasteiger partial charge in [0.25, 0.3) is 0 Å². The summed E-state index contributed by atoms with van der Waals surface area (Å²) in [6.07, 6.45) is 0. The summed E-state index contributed by atoms with van der Waals surface area (Å²) in [5.41, 5.74) is 5.89. The zero-order valence-electron chi connectivity index (χ0n) is 22.4. The van der Waals surface area contributed by atoms with Gasteiger partial charge in [-0.15, -0.1) is 0 Å². The van der Waals surface area contributed by atoms with Crippen molar-refractivity contribution in [1.82, 2.24) is 14.1 Å². The predicted octanol–water partition coefficient (Wildman–Crippen LogP) is 9.37. The minimum Gasteiger partial charge on any atom is -0.302 e. The predicted molar refractivity (Wildman–Crippen MR) is 169 cm³/mol. The van der Waals surface area contributed by atoms with Crippen LogP contribution in [0.4, 0.5) is 5.69 Å². The van der Waals surface area contributed by atoms with E-state index < -0.39 is 0 Å². The lowest BCUT2D eigenvalue weighted by Gasteiger charge is -2.19. The van der Waals surface area contributed by atoms with Gasteiger partial charge in [-0.2, -0.15) is 5.26 Å². The maximum atomic E-state index is 10.8. The van der Waals surface area contributed by atoms with Crippen LogP contribution in [0, 0.1) is 17.9 Å². The Morgan fingerprint density at radius 2 is 0.952 bits per heavy atom. The molecule has 0 aliphatic heterocycles. The molecule has 3 aromatic heterocycles. The molecule has 0 bridgehead atoms. The SMILES string of the molecule is [C-]#[N+]c1c(-n2c3ccccc3c3ccccc32)nc(-n2c3ccccc3c3ccccc32)c(C#N)c1-c1ccccc1. The molecule has 8 rings (SSSR count). The molecule has 5 heteroatoms. The normalized spacial score (nSPS) is 11.3. The van der Waals surface area contributed by atoms with Gasteiger partial charge in [-0.3, -0.25) is 4.57 Å². The molecule has 0 atom stereocenters. The molecule has 0 saturated heterocycles. The number of nitriles is 1. The third-order valence-corrected chi connectivity index (χ3v) is 8.00. The van der Waals surface area contributed by atoms with Gasteiger partial charge in [0.2, 0.25) is 5.69 Å². The van der Waals surface area contributed by atoms with Crippen LogP contribution in [0.1, 0.15) is 5.56 Å². The van der Waals surface area contributed by atoms with Gasteiger partial charge >= 0.3 is 0 Å². The van der Waals surface area contributed by atoms with Gasteiger partial charge in [0.1, 0.15) is 11.9 Å². The first-order valence-corrected chi connectivity index (χ1v) is 13.7. The molecule has 0 saturated carbocycles. The molecule has 8 aromatic rings. The maximum Gasteiger partial charge on any atom is 0.238 e. The van der Waals surface area contributed by atoms with E-state index in [0.29, 0.717) is 28.5 Å². The summed E-state index contributed by atoms with van der Waals surface area (Å²) in [5, 5.41) is 15.1. The highest BCUT2D eigenvalue weighted by atomic mass is 15.2. The van der Waals surface area contributed by atoms with Crippen molar-refractivity contribution in [3.8, 4) is 28.8 Å². The third-order valence-electron chi connectivity index (χ3n) is 8.00. The first-order valence-electron chi connectivity index (χ1n) is 13.7. The van der Waals surface area contributed by atoms with E-state index in [2.05, 4.69) is 68.6 Å². The van der Waals surface area contributed by atoms with E-state index in [1.54, 1.807) is 0 Å². The summed E-state index contributed by atoms with van der Waals surface area (Å²) in [5.74, 6) is 0.995. The zero-order valence-corrected chi connectivity index (χ0v) is 22.4. The third kappa shape index (κ3) is 3.26. The Balaban J connectivity index is 1.62. The lowest BCUT2D eigenvalue weighted by Crippen LogP contribution is -2.08. The Bertz CT molecular complexity index is 2180. The Morgan fingerprint density at radius 1 is 0.548 bits per heavy atom. The van der Waals surface area contributed by atoms with E-state index in [1.165, 1.54) is 0 Å². The van der Waals surface area contributed by atoms with Crippen LogP contribution in [-0.4, -0.2) is 14.1 Å². The second-order valence-corrected chi connectivity index (χ2v) is 10.2. The van der Waals surface area contributed by atoms with Crippen LogP contribution in [0.15, 0.2) is 127 Å². The van der Waals surface area contributed by atoms with E-state index >= 15 is 0 Å². The fraction of sp³-hybridized carbons (Fsp3) is 0. The van der Waals surface area contributed by atoms with Gasteiger partial charge in [-0.25, -0.2) is 9.83 Å². The average molecular weight is 536 g/mol. The highest BCUT2D eigenvalue weighted by Gasteiger charge is 2.27. The number of hydrogen-bond acceptors (Lipinski definition) is 2. The van der Waals surface area contributed by atoms with Gasteiger partial charge in [0, 0.05) is 27.1 Å². The second-order valence-electron chi connectivity index (χ2n) is 10.2. The number of hydrogen-bond donors (Lipinski definition) is 0. The lowest BCUT2D eigenvalue weighted by molar-refractivity contribution is 1.01. The van der Waals surface area contributed by atoms with E-state index in [0.717, 1.165) is 49.2 Å². The van der Waals surface area contributed by atoms with Crippen LogP contribution < -0.4 is 0 Å². The van der Waals surface area contributed by atoms with E-state index in [4.69, 9.17) is 11.6 Å². The largest absolute Gasteiger partial charge is 0.302 e. The molecule has 0 aliphatic rings. The number of pyridine rings is 1. The molecule has 194 valence electrons. The van der Waals surface area contributed by atoms with Crippen LogP contribution in [-0.2, 0) is 0 Å². The van der Waals surface area contributed by atoms with E-state index in [9.17, 15) is 5.26 Å². The summed E-state index contributed by atoms with van der Waals surface area (Å²) in [7, 11) is 0. The number of benzene rings is 5. The Kier molecular flexibility index (Phi) is 5.19. The molecule has 0 N–H and O–H groups in total. The first-order chi connectivity index (χ1) is 20.8. The van der Waals surface area contributed by atoms with Crippen LogP contribution in [0.5, 0.6) is 0 Å². The molecule has 0 aliphatic carbocycles. The minimum atomic E-state index is 0.341. The molecular weight excluding hydrogens is 514 g/mol. The van der Waals surface area contributed by atoms with E-state index in [1.807, 2.05) is 78.9 Å². The number of nitrogens with zero attached hydrogens (tertiary/aromatic N) is 5. The van der Waals surface area contributed by atoms with Crippen molar-refractivity contribution in [3.05, 3.63) is 144 Å². The quantitative estimate of drug-likeness (QED) is 0.212. The number of para-hydroxylation sites is 4. The van der Waals surface area contributed by atoms with Gasteiger partial charge in [0.05, 0.1) is 34.2 Å². The van der Waals surface area contributed by atoms with Crippen LogP contribution in [0.2, 0.25) is 0 Å². The molecule has 3 heterocycles. The minimum absolute atomic E-state index is 0.341. The maximum absolute atomic E-state index is 10.8. The Morgan fingerprint density at radius 3 is 1.38 bits per heavy atom. The van der Waals surface area contributed by atoms with Crippen LogP contribution >= 0.6 is 0 Å². The van der Waals surface area contributed by atoms with Crippen LogP contribution in [0.3, 0.4) is 0 Å². The zero-order chi connectivity index (χ0) is 28.2. The van der Waals surface area contributed by atoms with Crippen molar-refractivity contribution in [2.75, 3.05) is 0 Å². The molecule has 42 heavy (non-hydrogen) atoms. The monoisotopic (exact) mass is 535 g/mol. The summed E-state index contributed by atoms with van der Waals surface area (Å²) in [6, 6.07) is 44.9. The molecular formula is C37H21N5. The summed E-state index contributed by atoms with van der Waals surface area (Å²) in [4.78, 5) is 9.35. The van der Waals surface area contributed by atoms with E-state index in [-0.39, 0.29) is 0 Å². The molecule has 0 spiro atoms.